The average Bonchev–Trinajstić information content (AvgIpc) is 3.29. The number of nitrogens with zero attached hydrogens (tertiary/aromatic N) is 1. The lowest BCUT2D eigenvalue weighted by atomic mass is 10.1. The average molecular weight is 536 g/mol. The van der Waals surface area contributed by atoms with Crippen molar-refractivity contribution >= 4 is 40.6 Å². The number of likely N-dealkylation sites (tertiary alicyclic amines) is 1. The van der Waals surface area contributed by atoms with Gasteiger partial charge in [0.05, 0.1) is 7.11 Å². The molecule has 1 fully saturated rings. The SMILES string of the molecule is COC(=O)[C@@H](Cc1ccc(I)cc1)NC(=O)[C@H]1CCCN1C(=O)OCc1ccccc1. The molecule has 8 heteroatoms. The molecular formula is C23H25IN2O5. The number of carbonyl (C=O) groups excluding carboxylic acids is 3. The predicted molar refractivity (Wildman–Crippen MR) is 123 cm³/mol. The Labute approximate surface area is 195 Å². The summed E-state index contributed by atoms with van der Waals surface area (Å²) in [6, 6.07) is 15.6. The van der Waals surface area contributed by atoms with Crippen molar-refractivity contribution in [2.45, 2.75) is 38.0 Å². The van der Waals surface area contributed by atoms with Gasteiger partial charge < -0.3 is 14.8 Å². The predicted octanol–water partition coefficient (Wildman–Crippen LogP) is 3.29. The van der Waals surface area contributed by atoms with Crippen molar-refractivity contribution < 1.29 is 23.9 Å². The molecule has 2 amide bonds. The fraction of sp³-hybridized carbons (Fsp3) is 0.348. The zero-order valence-corrected chi connectivity index (χ0v) is 19.4. The van der Waals surface area contributed by atoms with E-state index in [1.165, 1.54) is 12.0 Å². The lowest BCUT2D eigenvalue weighted by molar-refractivity contribution is -0.145. The highest BCUT2D eigenvalue weighted by molar-refractivity contribution is 14.1. The Morgan fingerprint density at radius 2 is 1.81 bits per heavy atom. The molecule has 31 heavy (non-hydrogen) atoms. The van der Waals surface area contributed by atoms with Crippen LogP contribution in [0.3, 0.4) is 0 Å². The van der Waals surface area contributed by atoms with Gasteiger partial charge in [-0.3, -0.25) is 9.69 Å². The summed E-state index contributed by atoms with van der Waals surface area (Å²) in [4.78, 5) is 39.2. The van der Waals surface area contributed by atoms with Crippen LogP contribution in [0.4, 0.5) is 4.79 Å². The van der Waals surface area contributed by atoms with Crippen LogP contribution in [0.25, 0.3) is 0 Å². The van der Waals surface area contributed by atoms with E-state index in [1.807, 2.05) is 54.6 Å². The highest BCUT2D eigenvalue weighted by atomic mass is 127. The van der Waals surface area contributed by atoms with Gasteiger partial charge in [-0.15, -0.1) is 0 Å². The van der Waals surface area contributed by atoms with Crippen molar-refractivity contribution in [1.29, 1.82) is 0 Å². The van der Waals surface area contributed by atoms with Crippen LogP contribution in [-0.4, -0.2) is 48.6 Å². The summed E-state index contributed by atoms with van der Waals surface area (Å²) < 4.78 is 11.3. The lowest BCUT2D eigenvalue weighted by Gasteiger charge is -2.25. The fourth-order valence-corrected chi connectivity index (χ4v) is 3.88. The monoisotopic (exact) mass is 536 g/mol. The number of rotatable bonds is 7. The molecule has 2 atom stereocenters. The minimum atomic E-state index is -0.833. The van der Waals surface area contributed by atoms with Gasteiger partial charge in [0.25, 0.3) is 0 Å². The first-order valence-corrected chi connectivity index (χ1v) is 11.2. The van der Waals surface area contributed by atoms with Crippen LogP contribution in [0.5, 0.6) is 0 Å². The summed E-state index contributed by atoms with van der Waals surface area (Å²) in [5, 5.41) is 2.77. The molecule has 0 aliphatic carbocycles. The third-order valence-electron chi connectivity index (χ3n) is 5.15. The third-order valence-corrected chi connectivity index (χ3v) is 5.87. The number of hydrogen-bond donors (Lipinski definition) is 1. The van der Waals surface area contributed by atoms with E-state index in [9.17, 15) is 14.4 Å². The van der Waals surface area contributed by atoms with Gasteiger partial charge in [-0.1, -0.05) is 42.5 Å². The van der Waals surface area contributed by atoms with Crippen LogP contribution >= 0.6 is 22.6 Å². The molecule has 7 nitrogen and oxygen atoms in total. The van der Waals surface area contributed by atoms with Crippen molar-refractivity contribution in [3.8, 4) is 0 Å². The zero-order chi connectivity index (χ0) is 22.2. The van der Waals surface area contributed by atoms with Crippen molar-refractivity contribution in [2.24, 2.45) is 0 Å². The molecule has 1 aliphatic rings. The number of esters is 1. The quantitative estimate of drug-likeness (QED) is 0.434. The Hall–Kier alpha value is -2.62. The van der Waals surface area contributed by atoms with Gasteiger partial charge in [0.15, 0.2) is 0 Å². The summed E-state index contributed by atoms with van der Waals surface area (Å²) in [7, 11) is 1.29. The Kier molecular flexibility index (Phi) is 8.27. The van der Waals surface area contributed by atoms with Gasteiger partial charge in [-0.05, 0) is 58.7 Å². The topological polar surface area (TPSA) is 84.9 Å². The Morgan fingerprint density at radius 3 is 2.48 bits per heavy atom. The molecule has 1 saturated heterocycles. The summed E-state index contributed by atoms with van der Waals surface area (Å²) in [6.45, 7) is 0.577. The van der Waals surface area contributed by atoms with Crippen LogP contribution in [-0.2, 0) is 32.1 Å². The molecule has 164 valence electrons. The van der Waals surface area contributed by atoms with Gasteiger partial charge >= 0.3 is 12.1 Å². The summed E-state index contributed by atoms with van der Waals surface area (Å²) in [5.41, 5.74) is 1.78. The largest absolute Gasteiger partial charge is 0.467 e. The first-order valence-electron chi connectivity index (χ1n) is 10.1. The first kappa shape index (κ1) is 23.1. The maximum absolute atomic E-state index is 12.9. The number of amides is 2. The second-order valence-corrected chi connectivity index (χ2v) is 8.55. The number of ether oxygens (including phenoxy) is 2. The maximum atomic E-state index is 12.9. The third kappa shape index (κ3) is 6.43. The van der Waals surface area contributed by atoms with Crippen molar-refractivity contribution in [3.63, 3.8) is 0 Å². The minimum absolute atomic E-state index is 0.141. The molecule has 0 saturated carbocycles. The molecule has 2 aromatic rings. The minimum Gasteiger partial charge on any atom is -0.467 e. The molecule has 1 heterocycles. The molecule has 0 aromatic heterocycles. The maximum Gasteiger partial charge on any atom is 0.410 e. The highest BCUT2D eigenvalue weighted by Crippen LogP contribution is 2.20. The van der Waals surface area contributed by atoms with E-state index < -0.39 is 24.1 Å². The molecule has 0 bridgehead atoms. The van der Waals surface area contributed by atoms with Crippen LogP contribution in [0, 0.1) is 3.57 Å². The van der Waals surface area contributed by atoms with Crippen LogP contribution in [0.2, 0.25) is 0 Å². The zero-order valence-electron chi connectivity index (χ0n) is 17.3. The second-order valence-electron chi connectivity index (χ2n) is 7.31. The normalized spacial score (nSPS) is 16.5. The van der Waals surface area contributed by atoms with Gasteiger partial charge in [0, 0.05) is 16.5 Å². The Morgan fingerprint density at radius 1 is 1.10 bits per heavy atom. The summed E-state index contributed by atoms with van der Waals surface area (Å²) in [5.74, 6) is -0.904. The molecule has 3 rings (SSSR count). The van der Waals surface area contributed by atoms with E-state index in [2.05, 4.69) is 27.9 Å². The number of hydrogen-bond acceptors (Lipinski definition) is 5. The van der Waals surface area contributed by atoms with Crippen LogP contribution < -0.4 is 5.32 Å². The van der Waals surface area contributed by atoms with E-state index in [-0.39, 0.29) is 12.5 Å². The Bertz CT molecular complexity index is 904. The van der Waals surface area contributed by atoms with Crippen LogP contribution in [0.15, 0.2) is 54.6 Å². The van der Waals surface area contributed by atoms with Gasteiger partial charge in [-0.25, -0.2) is 9.59 Å². The first-order chi connectivity index (χ1) is 15.0. The number of carbonyl (C=O) groups is 3. The van der Waals surface area contributed by atoms with Crippen LogP contribution in [0.1, 0.15) is 24.0 Å². The second kappa shape index (κ2) is 11.1. The summed E-state index contributed by atoms with van der Waals surface area (Å²) >= 11 is 2.20. The molecule has 0 unspecified atom stereocenters. The Balaban J connectivity index is 1.62. The van der Waals surface area contributed by atoms with Crippen molar-refractivity contribution in [1.82, 2.24) is 10.2 Å². The molecular weight excluding hydrogens is 511 g/mol. The number of nitrogens with one attached hydrogen (secondary N) is 1. The lowest BCUT2D eigenvalue weighted by Crippen LogP contribution is -2.51. The number of methoxy groups -OCH3 is 1. The highest BCUT2D eigenvalue weighted by Gasteiger charge is 2.37. The summed E-state index contributed by atoms with van der Waals surface area (Å²) in [6.07, 6.45) is 0.983. The molecule has 1 N–H and O–H groups in total. The molecule has 1 aliphatic heterocycles. The van der Waals surface area contributed by atoms with Gasteiger partial charge in [-0.2, -0.15) is 0 Å². The molecule has 2 aromatic carbocycles. The van der Waals surface area contributed by atoms with Gasteiger partial charge in [0.1, 0.15) is 18.7 Å². The number of benzene rings is 2. The van der Waals surface area contributed by atoms with Crippen molar-refractivity contribution in [3.05, 3.63) is 69.3 Å². The van der Waals surface area contributed by atoms with E-state index in [0.717, 1.165) is 14.7 Å². The molecule has 0 radical (unpaired) electrons. The fourth-order valence-electron chi connectivity index (χ4n) is 3.52. The van der Waals surface area contributed by atoms with E-state index >= 15 is 0 Å². The molecule has 0 spiro atoms. The smallest absolute Gasteiger partial charge is 0.410 e. The van der Waals surface area contributed by atoms with E-state index in [4.69, 9.17) is 9.47 Å². The number of halogens is 1. The van der Waals surface area contributed by atoms with Gasteiger partial charge in [0.2, 0.25) is 5.91 Å². The van der Waals surface area contributed by atoms with Crippen molar-refractivity contribution in [2.75, 3.05) is 13.7 Å². The van der Waals surface area contributed by atoms with E-state index in [1.54, 1.807) is 0 Å². The van der Waals surface area contributed by atoms with E-state index in [0.29, 0.717) is 25.8 Å². The standard InChI is InChI=1S/C23H25IN2O5/c1-30-22(28)19(14-16-9-11-18(24)12-10-16)25-21(27)20-8-5-13-26(20)23(29)31-15-17-6-3-2-4-7-17/h2-4,6-7,9-12,19-20H,5,8,13-15H2,1H3,(H,25,27)/t19-,20-/m1/s1.